The maximum absolute atomic E-state index is 13.7. The van der Waals surface area contributed by atoms with Gasteiger partial charge in [0, 0.05) is 61.2 Å². The van der Waals surface area contributed by atoms with Gasteiger partial charge in [-0.25, -0.2) is 5.21 Å². The molecule has 4 heterocycles. The number of rotatable bonds is 6. The Kier molecular flexibility index (Phi) is 6.43. The fraction of sp³-hybridized carbons (Fsp3) is 0.379. The lowest BCUT2D eigenvalue weighted by atomic mass is 9.70. The smallest absolute Gasteiger partial charge is 0.250 e. The molecule has 3 aliphatic rings. The van der Waals surface area contributed by atoms with Crippen LogP contribution in [0.3, 0.4) is 0 Å². The molecule has 2 aromatic carbocycles. The average molecular weight is 517 g/mol. The Hall–Kier alpha value is -3.66. The molecule has 9 nitrogen and oxygen atoms in total. The van der Waals surface area contributed by atoms with Crippen LogP contribution in [-0.2, 0) is 24.2 Å². The maximum atomic E-state index is 13.7. The van der Waals surface area contributed by atoms with E-state index in [0.717, 1.165) is 34.7 Å². The fourth-order valence-corrected chi connectivity index (χ4v) is 6.74. The topological polar surface area (TPSA) is 111 Å². The molecule has 1 aromatic heterocycles. The highest BCUT2D eigenvalue weighted by molar-refractivity contribution is 5.82. The average Bonchev–Trinajstić information content (AvgIpc) is 2.93. The third kappa shape index (κ3) is 4.36. The number of benzene rings is 2. The molecular weight excluding hydrogens is 484 g/mol. The Morgan fingerprint density at radius 2 is 1.97 bits per heavy atom. The number of amides is 1. The standard InChI is InChI=1S/C29H32N4O5/c1-38-23-8-5-18(6-9-23)11-12-30-29(35)24-15-19-14-22(33(36)37)7-10-26(19)32-16-20-13-21(28(24)32)17-31-25(20)3-2-4-27(31)34/h2-10,14,20-21,24,28,33,36H,11-13,15-17H2,1H3,(H,30,35)/t20?,21?,24-,28+/m1/s1. The van der Waals surface area contributed by atoms with Gasteiger partial charge in [-0.3, -0.25) is 9.59 Å². The number of piperidine rings is 1. The summed E-state index contributed by atoms with van der Waals surface area (Å²) in [6, 6.07) is 18.5. The van der Waals surface area contributed by atoms with Gasteiger partial charge in [0.15, 0.2) is 5.69 Å². The Labute approximate surface area is 220 Å². The van der Waals surface area contributed by atoms with Crippen molar-refractivity contribution in [2.24, 2.45) is 11.8 Å². The number of methoxy groups -OCH3 is 1. The minimum Gasteiger partial charge on any atom is -0.595 e. The summed E-state index contributed by atoms with van der Waals surface area (Å²) in [5, 5.41) is 23.5. The van der Waals surface area contributed by atoms with Crippen LogP contribution in [0.15, 0.2) is 65.5 Å². The van der Waals surface area contributed by atoms with Crippen molar-refractivity contribution in [1.29, 1.82) is 0 Å². The summed E-state index contributed by atoms with van der Waals surface area (Å²) in [5.41, 5.74) is 4.28. The molecule has 3 N–H and O–H groups in total. The Morgan fingerprint density at radius 3 is 2.74 bits per heavy atom. The van der Waals surface area contributed by atoms with Gasteiger partial charge in [-0.2, -0.15) is 5.23 Å². The molecule has 0 radical (unpaired) electrons. The van der Waals surface area contributed by atoms with Crippen molar-refractivity contribution >= 4 is 17.3 Å². The zero-order valence-electron chi connectivity index (χ0n) is 21.3. The lowest BCUT2D eigenvalue weighted by Crippen LogP contribution is -2.99. The molecule has 3 aliphatic heterocycles. The van der Waals surface area contributed by atoms with E-state index in [1.165, 1.54) is 0 Å². The molecule has 3 aromatic rings. The molecule has 1 fully saturated rings. The third-order valence-electron chi connectivity index (χ3n) is 8.46. The van der Waals surface area contributed by atoms with E-state index in [1.54, 1.807) is 25.3 Å². The number of quaternary nitrogens is 1. The summed E-state index contributed by atoms with van der Waals surface area (Å²) < 4.78 is 7.11. The monoisotopic (exact) mass is 516 g/mol. The molecule has 9 heteroatoms. The van der Waals surface area contributed by atoms with Crippen LogP contribution in [0.25, 0.3) is 0 Å². The number of carbonyl (C=O) groups excluding carboxylic acids is 1. The molecule has 0 spiro atoms. The van der Waals surface area contributed by atoms with Crippen LogP contribution in [0.2, 0.25) is 0 Å². The minimum absolute atomic E-state index is 0.00783. The van der Waals surface area contributed by atoms with Crippen molar-refractivity contribution in [2.75, 3.05) is 25.1 Å². The molecule has 3 unspecified atom stereocenters. The molecule has 38 heavy (non-hydrogen) atoms. The number of aromatic nitrogens is 1. The summed E-state index contributed by atoms with van der Waals surface area (Å²) in [4.78, 5) is 28.7. The number of pyridine rings is 1. The van der Waals surface area contributed by atoms with E-state index in [2.05, 4.69) is 10.2 Å². The number of nitrogens with one attached hydrogen (secondary N) is 2. The van der Waals surface area contributed by atoms with Crippen molar-refractivity contribution in [1.82, 2.24) is 9.88 Å². The van der Waals surface area contributed by atoms with Crippen LogP contribution in [0, 0.1) is 17.0 Å². The largest absolute Gasteiger partial charge is 0.595 e. The molecule has 198 valence electrons. The fourth-order valence-electron chi connectivity index (χ4n) is 6.74. The third-order valence-corrected chi connectivity index (χ3v) is 8.46. The van der Waals surface area contributed by atoms with Gasteiger partial charge in [0.25, 0.3) is 5.56 Å². The lowest BCUT2D eigenvalue weighted by molar-refractivity contribution is -0.991. The Morgan fingerprint density at radius 1 is 1.16 bits per heavy atom. The van der Waals surface area contributed by atoms with Crippen molar-refractivity contribution in [3.63, 3.8) is 0 Å². The molecule has 0 saturated carbocycles. The second kappa shape index (κ2) is 9.90. The first-order valence-electron chi connectivity index (χ1n) is 13.2. The van der Waals surface area contributed by atoms with Gasteiger partial charge in [-0.15, -0.1) is 0 Å². The van der Waals surface area contributed by atoms with Crippen molar-refractivity contribution in [3.05, 3.63) is 93.0 Å². The second-order valence-corrected chi connectivity index (χ2v) is 10.6. The highest BCUT2D eigenvalue weighted by atomic mass is 16.8. The number of hydrogen-bond donors (Lipinski definition) is 3. The summed E-state index contributed by atoms with van der Waals surface area (Å²) in [7, 11) is 1.63. The van der Waals surface area contributed by atoms with Crippen LogP contribution >= 0.6 is 0 Å². The molecule has 0 aliphatic carbocycles. The summed E-state index contributed by atoms with van der Waals surface area (Å²) >= 11 is 0. The van der Waals surface area contributed by atoms with Gasteiger partial charge in [0.05, 0.1) is 13.0 Å². The predicted octanol–water partition coefficient (Wildman–Crippen LogP) is 1.78. The quantitative estimate of drug-likeness (QED) is 0.431. The molecule has 1 saturated heterocycles. The minimum atomic E-state index is -0.973. The summed E-state index contributed by atoms with van der Waals surface area (Å²) in [5.74, 6) is 0.760. The molecular formula is C29H32N4O5. The van der Waals surface area contributed by atoms with Gasteiger partial charge in [0.1, 0.15) is 5.75 Å². The van der Waals surface area contributed by atoms with E-state index >= 15 is 0 Å². The first kappa shape index (κ1) is 24.7. The molecule has 5 atom stereocenters. The highest BCUT2D eigenvalue weighted by Crippen LogP contribution is 2.47. The number of ether oxygens (including phenoxy) is 1. The van der Waals surface area contributed by atoms with Crippen LogP contribution in [0.4, 0.5) is 11.4 Å². The van der Waals surface area contributed by atoms with E-state index in [0.29, 0.717) is 32.5 Å². The van der Waals surface area contributed by atoms with Gasteiger partial charge in [-0.1, -0.05) is 18.2 Å². The number of anilines is 1. The van der Waals surface area contributed by atoms with E-state index in [9.17, 15) is 20.0 Å². The lowest BCUT2D eigenvalue weighted by Gasteiger charge is -2.54. The number of hydrogen-bond acceptors (Lipinski definition) is 6. The predicted molar refractivity (Wildman–Crippen MR) is 142 cm³/mol. The zero-order valence-corrected chi connectivity index (χ0v) is 21.3. The number of carbonyl (C=O) groups is 1. The molecule has 2 bridgehead atoms. The van der Waals surface area contributed by atoms with Crippen LogP contribution in [-0.4, -0.2) is 41.9 Å². The normalized spacial score (nSPS) is 24.0. The van der Waals surface area contributed by atoms with E-state index < -0.39 is 5.23 Å². The molecule has 6 rings (SSSR count). The first-order chi connectivity index (χ1) is 18.4. The van der Waals surface area contributed by atoms with Crippen molar-refractivity contribution in [3.8, 4) is 5.75 Å². The Balaban J connectivity index is 1.29. The highest BCUT2D eigenvalue weighted by Gasteiger charge is 2.49. The van der Waals surface area contributed by atoms with Gasteiger partial charge in [0.2, 0.25) is 5.91 Å². The second-order valence-electron chi connectivity index (χ2n) is 10.6. The summed E-state index contributed by atoms with van der Waals surface area (Å²) in [6.45, 7) is 1.79. The number of nitrogens with zero attached hydrogens (tertiary/aromatic N) is 2. The Bertz CT molecular complexity index is 1400. The van der Waals surface area contributed by atoms with Crippen molar-refractivity contribution < 1.29 is 20.0 Å². The van der Waals surface area contributed by atoms with Gasteiger partial charge in [-0.05, 0) is 60.6 Å². The maximum Gasteiger partial charge on any atom is 0.250 e. The first-order valence-corrected chi connectivity index (χ1v) is 13.2. The van der Waals surface area contributed by atoms with Crippen LogP contribution in [0.5, 0.6) is 5.75 Å². The van der Waals surface area contributed by atoms with E-state index in [-0.39, 0.29) is 40.9 Å². The summed E-state index contributed by atoms with van der Waals surface area (Å²) in [6.07, 6.45) is 2.11. The SMILES string of the molecule is COc1ccc(CCNC(=O)[C@@H]2Cc3cc([NH+]([O-])O)ccc3N3CC4CC(Cn5c4cccc5=O)[C@@H]23)cc1. The van der Waals surface area contributed by atoms with Crippen molar-refractivity contribution in [2.45, 2.75) is 37.8 Å². The molecule has 1 amide bonds. The van der Waals surface area contributed by atoms with Gasteiger partial charge < -0.3 is 24.7 Å². The number of fused-ring (bicyclic) bond motifs is 8. The zero-order chi connectivity index (χ0) is 26.4. The van der Waals surface area contributed by atoms with E-state index in [4.69, 9.17) is 4.74 Å². The van der Waals surface area contributed by atoms with E-state index in [1.807, 2.05) is 47.0 Å². The van der Waals surface area contributed by atoms with Crippen LogP contribution < -0.4 is 25.7 Å². The van der Waals surface area contributed by atoms with Gasteiger partial charge >= 0.3 is 0 Å². The van der Waals surface area contributed by atoms with Crippen LogP contribution in [0.1, 0.15) is 29.2 Å².